The predicted octanol–water partition coefficient (Wildman–Crippen LogP) is 10.2. The van der Waals surface area contributed by atoms with E-state index in [2.05, 4.69) is 11.4 Å². The van der Waals surface area contributed by atoms with Crippen LogP contribution in [0.25, 0.3) is 0 Å². The highest BCUT2D eigenvalue weighted by Gasteiger charge is 2.39. The summed E-state index contributed by atoms with van der Waals surface area (Å²) in [7, 11) is 1.27. The number of carbonyl (C=O) groups is 4. The van der Waals surface area contributed by atoms with Gasteiger partial charge in [0.05, 0.1) is 31.5 Å². The highest BCUT2D eigenvalue weighted by Crippen LogP contribution is 2.42. The van der Waals surface area contributed by atoms with Gasteiger partial charge in [0.25, 0.3) is 21.9 Å². The van der Waals surface area contributed by atoms with Crippen LogP contribution in [0.1, 0.15) is 100 Å². The van der Waals surface area contributed by atoms with E-state index in [-0.39, 0.29) is 54.6 Å². The SMILES string of the molecule is CCC(=O)CCC(C)SSCCC(C(=O)Nc1cc(COc2cc3c(cc2C)C(=O)N2c4ccccc4C[C@H]2C=N3)cc(COc2cc3c(cc2OC)C(=O)N2c4ccccc4C[C@H]2CC3)c1)S(=O)(=O)OC. The lowest BCUT2D eigenvalue weighted by Gasteiger charge is -2.23. The van der Waals surface area contributed by atoms with Crippen molar-refractivity contribution in [1.82, 2.24) is 0 Å². The van der Waals surface area contributed by atoms with Gasteiger partial charge in [0.15, 0.2) is 16.7 Å². The van der Waals surface area contributed by atoms with Gasteiger partial charge in [-0.05, 0) is 121 Å². The number of carbonyl (C=O) groups excluding carboxylic acids is 4. The smallest absolute Gasteiger partial charge is 0.279 e. The van der Waals surface area contributed by atoms with E-state index in [1.54, 1.807) is 46.0 Å². The van der Waals surface area contributed by atoms with Crippen molar-refractivity contribution in [2.45, 2.75) is 108 Å². The summed E-state index contributed by atoms with van der Waals surface area (Å²) in [6, 6.07) is 28.2. The Balaban J connectivity index is 0.962. The van der Waals surface area contributed by atoms with E-state index in [0.717, 1.165) is 53.6 Å². The normalized spacial score (nSPS) is 17.3. The first kappa shape index (κ1) is 50.8. The van der Waals surface area contributed by atoms with Crippen molar-refractivity contribution in [3.05, 3.63) is 136 Å². The molecule has 4 aliphatic heterocycles. The number of benzene rings is 5. The molecule has 5 aromatic carbocycles. The third-order valence-electron chi connectivity index (χ3n) is 13.7. The van der Waals surface area contributed by atoms with Gasteiger partial charge in [-0.2, -0.15) is 8.42 Å². The Bertz CT molecular complexity index is 3070. The highest BCUT2D eigenvalue weighted by atomic mass is 33.1. The lowest BCUT2D eigenvalue weighted by Crippen LogP contribution is -2.37. The van der Waals surface area contributed by atoms with Crippen LogP contribution >= 0.6 is 21.6 Å². The molecule has 17 heteroatoms. The van der Waals surface area contributed by atoms with E-state index in [9.17, 15) is 27.6 Å². The molecule has 14 nitrogen and oxygen atoms in total. The van der Waals surface area contributed by atoms with E-state index in [1.165, 1.54) is 17.9 Å². The molecule has 0 aliphatic carbocycles. The molecule has 4 atom stereocenters. The van der Waals surface area contributed by atoms with Crippen molar-refractivity contribution in [3.8, 4) is 17.2 Å². The summed E-state index contributed by atoms with van der Waals surface area (Å²) in [5, 5.41) is 1.49. The van der Waals surface area contributed by atoms with E-state index >= 15 is 0 Å². The van der Waals surface area contributed by atoms with Crippen molar-refractivity contribution >= 4 is 84.2 Å². The minimum atomic E-state index is -4.31. The zero-order valence-corrected chi connectivity index (χ0v) is 43.4. The number of anilines is 3. The number of ether oxygens (including phenoxy) is 3. The standard InChI is InChI=1S/C55H58N4O10S3/c1-6-43(60)18-15-34(3)71-70-20-19-52(72(64,65)67-5)53(61)57-40-23-35(31-68-49-29-46-45(21-33(49)2)55(63)59-42(30-56-46)26-39-12-8-10-14-48(39)59)22-36(24-40)32-69-51-27-37-16-17-41-25-38-11-7-9-13-47(38)58(41)54(62)44(37)28-50(51)66-4/h7-14,21-24,27-30,34,41-42,52H,6,15-20,25-26,31-32H2,1-5H3,(H,57,61)/t34?,41-,42+,52?/m1/s1. The van der Waals surface area contributed by atoms with E-state index in [4.69, 9.17) is 23.4 Å². The number of methoxy groups -OCH3 is 1. The van der Waals surface area contributed by atoms with Crippen LogP contribution < -0.4 is 29.3 Å². The fourth-order valence-electron chi connectivity index (χ4n) is 9.88. The molecule has 9 rings (SSSR count). The Morgan fingerprint density at radius 2 is 1.49 bits per heavy atom. The molecule has 0 bridgehead atoms. The number of aliphatic imine (C=N–C) groups is 1. The second-order valence-electron chi connectivity index (χ2n) is 18.6. The number of nitrogens with one attached hydrogen (secondary N) is 1. The molecule has 0 aromatic heterocycles. The van der Waals surface area contributed by atoms with Gasteiger partial charge in [-0.1, -0.05) is 71.8 Å². The number of para-hydroxylation sites is 2. The molecule has 5 aromatic rings. The largest absolute Gasteiger partial charge is 0.493 e. The lowest BCUT2D eigenvalue weighted by molar-refractivity contribution is -0.119. The number of hydrogen-bond donors (Lipinski definition) is 1. The van der Waals surface area contributed by atoms with Crippen molar-refractivity contribution in [3.63, 3.8) is 0 Å². The summed E-state index contributed by atoms with van der Waals surface area (Å²) >= 11 is 0. The van der Waals surface area contributed by atoms with Crippen LogP contribution in [0, 0.1) is 6.92 Å². The van der Waals surface area contributed by atoms with Gasteiger partial charge >= 0.3 is 0 Å². The third-order valence-corrected chi connectivity index (χ3v) is 18.3. The Morgan fingerprint density at radius 3 is 2.19 bits per heavy atom. The van der Waals surface area contributed by atoms with Crippen LogP contribution in [0.15, 0.2) is 96.0 Å². The highest BCUT2D eigenvalue weighted by molar-refractivity contribution is 8.76. The third kappa shape index (κ3) is 10.8. The molecule has 376 valence electrons. The van der Waals surface area contributed by atoms with E-state index in [1.807, 2.05) is 86.5 Å². The number of hydrogen-bond acceptors (Lipinski definition) is 13. The summed E-state index contributed by atoms with van der Waals surface area (Å²) in [5.41, 5.74) is 8.74. The quantitative estimate of drug-likeness (QED) is 0.0445. The van der Waals surface area contributed by atoms with Crippen molar-refractivity contribution in [2.75, 3.05) is 35.1 Å². The lowest BCUT2D eigenvalue weighted by atomic mass is 9.99. The maximum Gasteiger partial charge on any atom is 0.279 e. The molecular formula is C55H58N4O10S3. The summed E-state index contributed by atoms with van der Waals surface area (Å²) < 4.78 is 50.2. The number of ketones is 1. The summed E-state index contributed by atoms with van der Waals surface area (Å²) in [4.78, 5) is 62.6. The minimum absolute atomic E-state index is 0.00707. The van der Waals surface area contributed by atoms with Gasteiger partial charge in [-0.25, -0.2) is 0 Å². The number of amides is 3. The first-order chi connectivity index (χ1) is 34.7. The molecular weight excluding hydrogens is 973 g/mol. The molecule has 0 saturated carbocycles. The van der Waals surface area contributed by atoms with E-state index in [0.29, 0.717) is 88.7 Å². The second-order valence-corrected chi connectivity index (χ2v) is 23.4. The van der Waals surface area contributed by atoms with Crippen molar-refractivity contribution in [2.24, 2.45) is 4.99 Å². The van der Waals surface area contributed by atoms with Gasteiger partial charge < -0.3 is 24.4 Å². The topological polar surface area (TPSA) is 170 Å². The van der Waals surface area contributed by atoms with Crippen LogP contribution in [-0.4, -0.2) is 80.7 Å². The van der Waals surface area contributed by atoms with Gasteiger partial charge in [0.2, 0.25) is 5.91 Å². The summed E-state index contributed by atoms with van der Waals surface area (Å²) in [5.74, 6) is 0.894. The molecule has 3 amide bonds. The molecule has 72 heavy (non-hydrogen) atoms. The van der Waals surface area contributed by atoms with Gasteiger partial charge in [-0.3, -0.25) is 33.3 Å². The molecule has 1 N–H and O–H groups in total. The van der Waals surface area contributed by atoms with Crippen LogP contribution in [0.4, 0.5) is 22.7 Å². The van der Waals surface area contributed by atoms with Crippen LogP contribution in [0.2, 0.25) is 0 Å². The van der Waals surface area contributed by atoms with E-state index < -0.39 is 21.3 Å². The molecule has 4 aliphatic rings. The zero-order chi connectivity index (χ0) is 50.7. The number of rotatable bonds is 20. The number of Topliss-reactive ketones (excluding diaryl/α,β-unsaturated/α-hetero) is 1. The van der Waals surface area contributed by atoms with Gasteiger partial charge in [0.1, 0.15) is 24.7 Å². The molecule has 0 radical (unpaired) electrons. The van der Waals surface area contributed by atoms with Gasteiger partial charge in [-0.15, -0.1) is 0 Å². The van der Waals surface area contributed by atoms with Crippen molar-refractivity contribution < 1.29 is 46.0 Å². The average Bonchev–Trinajstić information content (AvgIpc) is 3.87. The monoisotopic (exact) mass is 1030 g/mol. The molecule has 0 spiro atoms. The Labute approximate surface area is 428 Å². The predicted molar refractivity (Wildman–Crippen MR) is 284 cm³/mol. The number of nitrogens with zero attached hydrogens (tertiary/aromatic N) is 3. The minimum Gasteiger partial charge on any atom is -0.493 e. The Hall–Kier alpha value is -6.14. The van der Waals surface area contributed by atoms with Crippen LogP contribution in [0.3, 0.4) is 0 Å². The second kappa shape index (κ2) is 21.9. The number of fused-ring (bicyclic) bond motifs is 8. The Kier molecular flexibility index (Phi) is 15.5. The van der Waals surface area contributed by atoms with Crippen molar-refractivity contribution in [1.29, 1.82) is 0 Å². The Morgan fingerprint density at radius 1 is 0.806 bits per heavy atom. The van der Waals surface area contributed by atoms with Gasteiger partial charge in [0, 0.05) is 71.2 Å². The molecule has 2 unspecified atom stereocenters. The molecule has 0 saturated heterocycles. The van der Waals surface area contributed by atoms with Crippen LogP contribution in [0.5, 0.6) is 17.2 Å². The zero-order valence-electron chi connectivity index (χ0n) is 41.0. The first-order valence-corrected chi connectivity index (χ1v) is 28.1. The fourth-order valence-corrected chi connectivity index (χ4v) is 13.4. The summed E-state index contributed by atoms with van der Waals surface area (Å²) in [6.45, 7) is 5.76. The maximum atomic E-state index is 14.2. The number of aryl methyl sites for hydroxylation is 2. The van der Waals surface area contributed by atoms with Crippen LogP contribution in [-0.2, 0) is 56.4 Å². The fraction of sp³-hybridized carbons (Fsp3) is 0.364. The molecule has 4 heterocycles. The maximum absolute atomic E-state index is 14.2. The summed E-state index contributed by atoms with van der Waals surface area (Å²) in [6.07, 6.45) is 6.39. The molecule has 0 fully saturated rings. The first-order valence-electron chi connectivity index (χ1n) is 24.3. The average molecular weight is 1030 g/mol.